The topological polar surface area (TPSA) is 32.3 Å². The van der Waals surface area contributed by atoms with Gasteiger partial charge in [-0.15, -0.1) is 0 Å². The maximum absolute atomic E-state index is 12.4. The highest BCUT2D eigenvalue weighted by Gasteiger charge is 2.10. The van der Waals surface area contributed by atoms with Gasteiger partial charge in [0.05, 0.1) is 0 Å². The smallest absolute Gasteiger partial charge is 0.248 e. The zero-order valence-electron chi connectivity index (χ0n) is 19.1. The van der Waals surface area contributed by atoms with Crippen LogP contribution in [-0.2, 0) is 11.3 Å². The van der Waals surface area contributed by atoms with Crippen LogP contribution in [0.5, 0.6) is 0 Å². The van der Waals surface area contributed by atoms with Crippen LogP contribution in [0.4, 0.5) is 5.69 Å². The minimum atomic E-state index is -0.120. The molecule has 3 heteroatoms. The highest BCUT2D eigenvalue weighted by Crippen LogP contribution is 2.25. The molecule has 0 saturated carbocycles. The normalized spacial score (nSPS) is 14.6. The van der Waals surface area contributed by atoms with Crippen molar-refractivity contribution in [3.63, 3.8) is 0 Å². The summed E-state index contributed by atoms with van der Waals surface area (Å²) in [5.41, 5.74) is 8.02. The van der Waals surface area contributed by atoms with Crippen LogP contribution in [0.3, 0.4) is 0 Å². The van der Waals surface area contributed by atoms with Crippen molar-refractivity contribution < 1.29 is 4.79 Å². The third-order valence-electron chi connectivity index (χ3n) is 6.09. The largest absolute Gasteiger partial charge is 0.323 e. The molecule has 164 valence electrons. The fourth-order valence-electron chi connectivity index (χ4n) is 4.28. The van der Waals surface area contributed by atoms with Gasteiger partial charge < -0.3 is 5.32 Å². The van der Waals surface area contributed by atoms with E-state index in [1.165, 1.54) is 54.6 Å². The number of anilines is 1. The fourth-order valence-corrected chi connectivity index (χ4v) is 4.28. The van der Waals surface area contributed by atoms with Gasteiger partial charge in [0.1, 0.15) is 0 Å². The molecule has 3 aromatic carbocycles. The lowest BCUT2D eigenvalue weighted by atomic mass is 9.97. The summed E-state index contributed by atoms with van der Waals surface area (Å²) in [5.74, 6) is -0.120. The van der Waals surface area contributed by atoms with Crippen LogP contribution in [0.2, 0.25) is 0 Å². The molecule has 1 aliphatic rings. The number of likely N-dealkylation sites (tertiary alicyclic amines) is 1. The molecule has 1 fully saturated rings. The van der Waals surface area contributed by atoms with Gasteiger partial charge in [0.15, 0.2) is 0 Å². The molecule has 0 radical (unpaired) electrons. The third-order valence-corrected chi connectivity index (χ3v) is 6.09. The van der Waals surface area contributed by atoms with Gasteiger partial charge in [-0.25, -0.2) is 0 Å². The maximum atomic E-state index is 12.4. The van der Waals surface area contributed by atoms with Crippen molar-refractivity contribution in [1.82, 2.24) is 4.90 Å². The maximum Gasteiger partial charge on any atom is 0.248 e. The zero-order valence-corrected chi connectivity index (χ0v) is 19.1. The molecule has 3 aromatic rings. The summed E-state index contributed by atoms with van der Waals surface area (Å²) in [6, 6.07) is 23.0. The van der Waals surface area contributed by atoms with Crippen LogP contribution in [0, 0.1) is 13.8 Å². The van der Waals surface area contributed by atoms with Crippen LogP contribution in [-0.4, -0.2) is 23.9 Å². The minimum absolute atomic E-state index is 0.120. The molecule has 0 unspecified atom stereocenters. The summed E-state index contributed by atoms with van der Waals surface area (Å²) < 4.78 is 0. The Kier molecular flexibility index (Phi) is 7.18. The van der Waals surface area contributed by atoms with E-state index in [-0.39, 0.29) is 5.91 Å². The van der Waals surface area contributed by atoms with Crippen LogP contribution in [0.15, 0.2) is 72.8 Å². The summed E-state index contributed by atoms with van der Waals surface area (Å²) in [4.78, 5) is 14.9. The van der Waals surface area contributed by atoms with E-state index in [0.717, 1.165) is 23.4 Å². The van der Waals surface area contributed by atoms with Crippen LogP contribution in [0.25, 0.3) is 17.2 Å². The number of carbonyl (C=O) groups is 1. The lowest BCUT2D eigenvalue weighted by molar-refractivity contribution is -0.111. The molecule has 1 N–H and O–H groups in total. The minimum Gasteiger partial charge on any atom is -0.323 e. The van der Waals surface area contributed by atoms with E-state index in [9.17, 15) is 4.79 Å². The second-order valence-electron chi connectivity index (χ2n) is 8.80. The van der Waals surface area contributed by atoms with E-state index in [0.29, 0.717) is 0 Å². The lowest BCUT2D eigenvalue weighted by Crippen LogP contribution is -2.29. The van der Waals surface area contributed by atoms with Gasteiger partial charge in [-0.05, 0) is 91.9 Å². The molecule has 0 bridgehead atoms. The first-order chi connectivity index (χ1) is 15.6. The van der Waals surface area contributed by atoms with Crippen molar-refractivity contribution >= 4 is 17.7 Å². The van der Waals surface area contributed by atoms with Gasteiger partial charge in [-0.2, -0.15) is 0 Å². The van der Waals surface area contributed by atoms with Crippen molar-refractivity contribution in [3.05, 3.63) is 95.1 Å². The number of carbonyl (C=O) groups excluding carboxylic acids is 1. The Morgan fingerprint density at radius 3 is 2.50 bits per heavy atom. The van der Waals surface area contributed by atoms with Crippen molar-refractivity contribution in [3.8, 4) is 11.1 Å². The Morgan fingerprint density at radius 2 is 1.72 bits per heavy atom. The number of aryl methyl sites for hydroxylation is 2. The van der Waals surface area contributed by atoms with Gasteiger partial charge in [-0.1, -0.05) is 60.5 Å². The summed E-state index contributed by atoms with van der Waals surface area (Å²) in [6.45, 7) is 7.60. The Balaban J connectivity index is 1.37. The third kappa shape index (κ3) is 5.95. The average Bonchev–Trinajstić information content (AvgIpc) is 2.81. The molecule has 3 nitrogen and oxygen atoms in total. The highest BCUT2D eigenvalue weighted by molar-refractivity contribution is 6.02. The molecule has 4 rings (SSSR count). The van der Waals surface area contributed by atoms with Crippen molar-refractivity contribution in [2.45, 2.75) is 39.7 Å². The van der Waals surface area contributed by atoms with E-state index >= 15 is 0 Å². The van der Waals surface area contributed by atoms with Gasteiger partial charge >= 0.3 is 0 Å². The Morgan fingerprint density at radius 1 is 0.938 bits per heavy atom. The molecule has 1 saturated heterocycles. The van der Waals surface area contributed by atoms with Crippen molar-refractivity contribution in [2.75, 3.05) is 18.4 Å². The Bertz CT molecular complexity index is 1090. The summed E-state index contributed by atoms with van der Waals surface area (Å²) in [5, 5.41) is 2.97. The first-order valence-corrected chi connectivity index (χ1v) is 11.5. The number of hydrogen-bond acceptors (Lipinski definition) is 2. The van der Waals surface area contributed by atoms with E-state index in [2.05, 4.69) is 66.5 Å². The van der Waals surface area contributed by atoms with E-state index in [4.69, 9.17) is 0 Å². The SMILES string of the molecule is Cc1ccc(C)c(-c2cccc(/C=C/C(=O)Nc3ccc(CN4CCCCC4)cc3)c2)c1. The molecule has 1 heterocycles. The number of hydrogen-bond donors (Lipinski definition) is 1. The van der Waals surface area contributed by atoms with Gasteiger partial charge in [0, 0.05) is 18.3 Å². The number of rotatable bonds is 6. The van der Waals surface area contributed by atoms with Gasteiger partial charge in [-0.3, -0.25) is 9.69 Å². The highest BCUT2D eigenvalue weighted by atomic mass is 16.1. The molecular formula is C29H32N2O. The molecule has 0 aromatic heterocycles. The first-order valence-electron chi connectivity index (χ1n) is 11.5. The zero-order chi connectivity index (χ0) is 22.3. The van der Waals surface area contributed by atoms with Crippen molar-refractivity contribution in [2.24, 2.45) is 0 Å². The molecule has 1 amide bonds. The van der Waals surface area contributed by atoms with Crippen LogP contribution < -0.4 is 5.32 Å². The van der Waals surface area contributed by atoms with Gasteiger partial charge in [0.25, 0.3) is 0 Å². The quantitative estimate of drug-likeness (QED) is 0.452. The second-order valence-corrected chi connectivity index (χ2v) is 8.80. The number of piperidine rings is 1. The predicted molar refractivity (Wildman–Crippen MR) is 135 cm³/mol. The second kappa shape index (κ2) is 10.4. The summed E-state index contributed by atoms with van der Waals surface area (Å²) in [7, 11) is 0. The molecule has 0 aliphatic carbocycles. The number of benzene rings is 3. The number of nitrogens with one attached hydrogen (secondary N) is 1. The van der Waals surface area contributed by atoms with Crippen LogP contribution >= 0.6 is 0 Å². The molecule has 32 heavy (non-hydrogen) atoms. The van der Waals surface area contributed by atoms with E-state index < -0.39 is 0 Å². The summed E-state index contributed by atoms with van der Waals surface area (Å²) >= 11 is 0. The monoisotopic (exact) mass is 424 g/mol. The fraction of sp³-hybridized carbons (Fsp3) is 0.276. The average molecular weight is 425 g/mol. The number of nitrogens with zero attached hydrogens (tertiary/aromatic N) is 1. The Hall–Kier alpha value is -3.17. The number of amides is 1. The molecule has 1 aliphatic heterocycles. The van der Waals surface area contributed by atoms with Crippen LogP contribution in [0.1, 0.15) is 41.5 Å². The Labute approximate surface area is 191 Å². The molecule has 0 spiro atoms. The molecular weight excluding hydrogens is 392 g/mol. The first kappa shape index (κ1) is 22.0. The van der Waals surface area contributed by atoms with E-state index in [1.54, 1.807) is 6.08 Å². The standard InChI is InChI=1S/C29H32N2O/c1-22-9-10-23(2)28(19-22)26-8-6-7-24(20-26)13-16-29(32)30-27-14-11-25(12-15-27)21-31-17-4-3-5-18-31/h6-16,19-20H,3-5,17-18,21H2,1-2H3,(H,30,32)/b16-13+. The van der Waals surface area contributed by atoms with E-state index in [1.807, 2.05) is 30.3 Å². The molecule has 0 atom stereocenters. The lowest BCUT2D eigenvalue weighted by Gasteiger charge is -2.26. The van der Waals surface area contributed by atoms with Gasteiger partial charge in [0.2, 0.25) is 5.91 Å². The summed E-state index contributed by atoms with van der Waals surface area (Å²) in [6.07, 6.45) is 7.42. The van der Waals surface area contributed by atoms with Crippen molar-refractivity contribution in [1.29, 1.82) is 0 Å². The predicted octanol–water partition coefficient (Wildman–Crippen LogP) is 6.61.